The number of aliphatic hydroxyl groups excluding tert-OH is 2. The van der Waals surface area contributed by atoms with Crippen LogP contribution in [0.2, 0.25) is 0 Å². The number of aliphatic hydroxyl groups is 2. The number of hydrogen-bond acceptors (Lipinski definition) is 5. The van der Waals surface area contributed by atoms with Gasteiger partial charge in [0.15, 0.2) is 6.23 Å². The highest BCUT2D eigenvalue weighted by Crippen LogP contribution is 2.20. The average Bonchev–Trinajstić information content (AvgIpc) is 2.30. The van der Waals surface area contributed by atoms with Gasteiger partial charge < -0.3 is 14.9 Å². The summed E-state index contributed by atoms with van der Waals surface area (Å²) < 4.78 is 4.79. The molecule has 0 aliphatic carbocycles. The van der Waals surface area contributed by atoms with Crippen molar-refractivity contribution in [2.45, 2.75) is 24.9 Å². The van der Waals surface area contributed by atoms with Crippen LogP contribution in [0.5, 0.6) is 0 Å². The minimum absolute atomic E-state index is 0.189. The second-order valence-corrected chi connectivity index (χ2v) is 2.22. The zero-order chi connectivity index (χ0) is 7.56. The molecule has 1 aliphatic rings. The molecule has 0 aromatic heterocycles. The van der Waals surface area contributed by atoms with E-state index in [1.54, 1.807) is 0 Å². The molecule has 1 fully saturated rings. The molecule has 1 rings (SSSR count). The highest BCUT2D eigenvalue weighted by atomic mass is 16.6. The van der Waals surface area contributed by atoms with E-state index in [0.29, 0.717) is 0 Å². The van der Waals surface area contributed by atoms with Gasteiger partial charge in [-0.3, -0.25) is 0 Å². The molecular weight excluding hydrogens is 138 g/mol. The van der Waals surface area contributed by atoms with Crippen molar-refractivity contribution in [3.63, 3.8) is 0 Å². The highest BCUT2D eigenvalue weighted by Gasteiger charge is 2.33. The van der Waals surface area contributed by atoms with Crippen LogP contribution in [-0.2, 0) is 4.74 Å². The van der Waals surface area contributed by atoms with Gasteiger partial charge in [-0.05, 0) is 5.18 Å². The first-order valence-corrected chi connectivity index (χ1v) is 3.04. The lowest BCUT2D eigenvalue weighted by molar-refractivity contribution is -0.0197. The van der Waals surface area contributed by atoms with Gasteiger partial charge in [-0.25, -0.2) is 0 Å². The molecule has 3 atom stereocenters. The van der Waals surface area contributed by atoms with Crippen LogP contribution in [0.15, 0.2) is 5.18 Å². The Balaban J connectivity index is 2.43. The zero-order valence-corrected chi connectivity index (χ0v) is 5.30. The number of ether oxygens (including phenoxy) is 1. The summed E-state index contributed by atoms with van der Waals surface area (Å²) in [5.74, 6) is 0. The zero-order valence-electron chi connectivity index (χ0n) is 5.30. The van der Waals surface area contributed by atoms with E-state index < -0.39 is 18.4 Å². The molecule has 2 N–H and O–H groups in total. The molecule has 0 amide bonds. The monoisotopic (exact) mass is 147 g/mol. The van der Waals surface area contributed by atoms with Gasteiger partial charge in [0.2, 0.25) is 0 Å². The van der Waals surface area contributed by atoms with Crippen LogP contribution in [0.1, 0.15) is 6.42 Å². The predicted molar refractivity (Wildman–Crippen MR) is 32.2 cm³/mol. The molecule has 0 aromatic rings. The van der Waals surface area contributed by atoms with E-state index >= 15 is 0 Å². The standard InChI is InChI=1S/C5H9NO4/c7-2-4-3(8)1-5(6-9)10-4/h3-5,7-8H,1-2H2. The molecule has 0 spiro atoms. The Morgan fingerprint density at radius 3 is 2.70 bits per heavy atom. The fourth-order valence-corrected chi connectivity index (χ4v) is 0.939. The summed E-state index contributed by atoms with van der Waals surface area (Å²) in [6, 6.07) is 0. The molecule has 10 heavy (non-hydrogen) atoms. The molecule has 1 aliphatic heterocycles. The highest BCUT2D eigenvalue weighted by molar-refractivity contribution is 4.79. The molecule has 0 bridgehead atoms. The maximum atomic E-state index is 9.85. The fraction of sp³-hybridized carbons (Fsp3) is 1.00. The summed E-state index contributed by atoms with van der Waals surface area (Å²) in [6.07, 6.45) is -1.99. The van der Waals surface area contributed by atoms with Gasteiger partial charge in [0.1, 0.15) is 6.10 Å². The van der Waals surface area contributed by atoms with Gasteiger partial charge in [0.25, 0.3) is 0 Å². The molecular formula is C5H9NO4. The van der Waals surface area contributed by atoms with Crippen molar-refractivity contribution in [2.75, 3.05) is 6.61 Å². The van der Waals surface area contributed by atoms with Crippen molar-refractivity contribution in [3.05, 3.63) is 4.91 Å². The quantitative estimate of drug-likeness (QED) is 0.502. The minimum Gasteiger partial charge on any atom is -0.394 e. The third-order valence-corrected chi connectivity index (χ3v) is 1.50. The van der Waals surface area contributed by atoms with E-state index in [-0.39, 0.29) is 13.0 Å². The van der Waals surface area contributed by atoms with E-state index in [9.17, 15) is 4.91 Å². The first-order valence-electron chi connectivity index (χ1n) is 3.04. The lowest BCUT2D eigenvalue weighted by Gasteiger charge is -2.07. The smallest absolute Gasteiger partial charge is 0.192 e. The normalized spacial score (nSPS) is 40.0. The second kappa shape index (κ2) is 3.05. The SMILES string of the molecule is O=NC1CC(O)C(CO)O1. The van der Waals surface area contributed by atoms with Crippen LogP contribution in [0.4, 0.5) is 0 Å². The summed E-state index contributed by atoms with van der Waals surface area (Å²) in [6.45, 7) is -0.271. The van der Waals surface area contributed by atoms with Gasteiger partial charge in [-0.2, -0.15) is 0 Å². The van der Waals surface area contributed by atoms with E-state index in [0.717, 1.165) is 0 Å². The average molecular weight is 147 g/mol. The van der Waals surface area contributed by atoms with E-state index in [2.05, 4.69) is 5.18 Å². The summed E-state index contributed by atoms with van der Waals surface area (Å²) in [5, 5.41) is 20.1. The third kappa shape index (κ3) is 1.31. The summed E-state index contributed by atoms with van der Waals surface area (Å²) in [4.78, 5) is 9.85. The van der Waals surface area contributed by atoms with Gasteiger partial charge in [-0.1, -0.05) is 0 Å². The first kappa shape index (κ1) is 7.59. The second-order valence-electron chi connectivity index (χ2n) is 2.22. The Morgan fingerprint density at radius 2 is 2.40 bits per heavy atom. The van der Waals surface area contributed by atoms with Crippen molar-refractivity contribution in [1.82, 2.24) is 0 Å². The molecule has 5 nitrogen and oxygen atoms in total. The maximum absolute atomic E-state index is 9.85. The largest absolute Gasteiger partial charge is 0.394 e. The molecule has 0 saturated carbocycles. The first-order chi connectivity index (χ1) is 4.77. The summed E-state index contributed by atoms with van der Waals surface area (Å²) >= 11 is 0. The molecule has 0 aromatic carbocycles. The lowest BCUT2D eigenvalue weighted by Crippen LogP contribution is -2.24. The van der Waals surface area contributed by atoms with Crippen LogP contribution < -0.4 is 0 Å². The fourth-order valence-electron chi connectivity index (χ4n) is 0.939. The van der Waals surface area contributed by atoms with Gasteiger partial charge in [-0.15, -0.1) is 4.91 Å². The van der Waals surface area contributed by atoms with Crippen molar-refractivity contribution < 1.29 is 14.9 Å². The Bertz CT molecular complexity index is 129. The van der Waals surface area contributed by atoms with Crippen LogP contribution in [-0.4, -0.2) is 35.3 Å². The van der Waals surface area contributed by atoms with Gasteiger partial charge in [0.05, 0.1) is 12.7 Å². The van der Waals surface area contributed by atoms with Crippen molar-refractivity contribution in [1.29, 1.82) is 0 Å². The Morgan fingerprint density at radius 1 is 1.70 bits per heavy atom. The minimum atomic E-state index is -0.785. The molecule has 5 heteroatoms. The van der Waals surface area contributed by atoms with Crippen LogP contribution >= 0.6 is 0 Å². The molecule has 58 valence electrons. The van der Waals surface area contributed by atoms with Crippen LogP contribution in [0.25, 0.3) is 0 Å². The van der Waals surface area contributed by atoms with Crippen molar-refractivity contribution in [3.8, 4) is 0 Å². The summed E-state index contributed by atoms with van der Waals surface area (Å²) in [5.41, 5.74) is 0. The lowest BCUT2D eigenvalue weighted by atomic mass is 10.2. The Kier molecular flexibility index (Phi) is 2.31. The third-order valence-electron chi connectivity index (χ3n) is 1.50. The van der Waals surface area contributed by atoms with Gasteiger partial charge >= 0.3 is 0 Å². The van der Waals surface area contributed by atoms with E-state index in [1.165, 1.54) is 0 Å². The predicted octanol–water partition coefficient (Wildman–Crippen LogP) is -0.779. The summed E-state index contributed by atoms with van der Waals surface area (Å²) in [7, 11) is 0. The molecule has 1 saturated heterocycles. The van der Waals surface area contributed by atoms with Crippen LogP contribution in [0.3, 0.4) is 0 Å². The Labute approximate surface area is 57.6 Å². The number of rotatable bonds is 2. The number of nitroso groups, excluding NO2 is 1. The maximum Gasteiger partial charge on any atom is 0.192 e. The molecule has 3 unspecified atom stereocenters. The Hall–Kier alpha value is -0.520. The number of hydrogen-bond donors (Lipinski definition) is 2. The topological polar surface area (TPSA) is 79.1 Å². The van der Waals surface area contributed by atoms with Crippen molar-refractivity contribution in [2.24, 2.45) is 5.18 Å². The molecule has 0 radical (unpaired) electrons. The number of nitrogens with zero attached hydrogens (tertiary/aromatic N) is 1. The van der Waals surface area contributed by atoms with E-state index in [1.807, 2.05) is 0 Å². The molecule has 1 heterocycles. The van der Waals surface area contributed by atoms with Crippen LogP contribution in [0, 0.1) is 4.91 Å². The van der Waals surface area contributed by atoms with Gasteiger partial charge in [0, 0.05) is 6.42 Å². The van der Waals surface area contributed by atoms with E-state index in [4.69, 9.17) is 14.9 Å². The van der Waals surface area contributed by atoms with Crippen molar-refractivity contribution >= 4 is 0 Å².